The standard InChI is InChI=1S/C20H20FN4O4/c1-4-29-19-9-13(21)5-7-15(19)16-11-20(23-12-22-16)24-14-6-8-18(27-2)17(10-14)25(26)28-3/h5-12H,4H2,1-3H3,(H,22,23,24)/q+1. The molecule has 150 valence electrons. The first-order chi connectivity index (χ1) is 14.0. The zero-order valence-corrected chi connectivity index (χ0v) is 16.2. The van der Waals surface area contributed by atoms with E-state index in [2.05, 4.69) is 15.3 Å². The first-order valence-electron chi connectivity index (χ1n) is 8.77. The number of rotatable bonds is 8. The fourth-order valence-corrected chi connectivity index (χ4v) is 2.71. The van der Waals surface area contributed by atoms with Crippen LogP contribution in [-0.2, 0) is 4.84 Å². The van der Waals surface area contributed by atoms with Crippen LogP contribution in [0.2, 0.25) is 0 Å². The van der Waals surface area contributed by atoms with E-state index >= 15 is 0 Å². The normalized spacial score (nSPS) is 10.3. The Bertz CT molecular complexity index is 1030. The van der Waals surface area contributed by atoms with Gasteiger partial charge in [0.15, 0.2) is 7.11 Å². The first kappa shape index (κ1) is 20.0. The minimum absolute atomic E-state index is 0.200. The van der Waals surface area contributed by atoms with Crippen molar-refractivity contribution in [3.63, 3.8) is 0 Å². The van der Waals surface area contributed by atoms with Crippen molar-refractivity contribution in [3.05, 3.63) is 59.5 Å². The van der Waals surface area contributed by atoms with E-state index in [-0.39, 0.29) is 5.69 Å². The van der Waals surface area contributed by atoms with Gasteiger partial charge in [0.1, 0.15) is 23.7 Å². The van der Waals surface area contributed by atoms with Crippen molar-refractivity contribution >= 4 is 17.2 Å². The molecular weight excluding hydrogens is 379 g/mol. The molecule has 0 atom stereocenters. The summed E-state index contributed by atoms with van der Waals surface area (Å²) < 4.78 is 24.3. The minimum Gasteiger partial charge on any atom is -0.493 e. The summed E-state index contributed by atoms with van der Waals surface area (Å²) in [6.07, 6.45) is 1.39. The van der Waals surface area contributed by atoms with Crippen molar-refractivity contribution in [1.82, 2.24) is 9.97 Å². The molecule has 2 aromatic carbocycles. The molecule has 8 nitrogen and oxygen atoms in total. The molecule has 0 unspecified atom stereocenters. The smallest absolute Gasteiger partial charge is 0.360 e. The molecule has 1 aromatic heterocycles. The summed E-state index contributed by atoms with van der Waals surface area (Å²) in [5, 5.41) is 3.10. The van der Waals surface area contributed by atoms with Crippen LogP contribution in [0.1, 0.15) is 6.92 Å². The van der Waals surface area contributed by atoms with Gasteiger partial charge in [-0.05, 0) is 31.2 Å². The monoisotopic (exact) mass is 399 g/mol. The number of halogens is 1. The molecule has 0 aliphatic heterocycles. The Kier molecular flexibility index (Phi) is 6.18. The van der Waals surface area contributed by atoms with E-state index in [1.807, 2.05) is 6.92 Å². The second-order valence-electron chi connectivity index (χ2n) is 5.81. The van der Waals surface area contributed by atoms with E-state index in [9.17, 15) is 9.30 Å². The van der Waals surface area contributed by atoms with Crippen molar-refractivity contribution in [2.45, 2.75) is 6.92 Å². The molecule has 0 aliphatic carbocycles. The lowest BCUT2D eigenvalue weighted by atomic mass is 10.1. The number of nitrogens with zero attached hydrogens (tertiary/aromatic N) is 3. The van der Waals surface area contributed by atoms with E-state index in [0.717, 1.165) is 0 Å². The molecule has 0 saturated heterocycles. The largest absolute Gasteiger partial charge is 0.493 e. The maximum Gasteiger partial charge on any atom is 0.360 e. The van der Waals surface area contributed by atoms with Crippen molar-refractivity contribution in [2.24, 2.45) is 0 Å². The Morgan fingerprint density at radius 2 is 1.90 bits per heavy atom. The van der Waals surface area contributed by atoms with E-state index in [1.54, 1.807) is 30.3 Å². The van der Waals surface area contributed by atoms with Gasteiger partial charge >= 0.3 is 5.69 Å². The first-order valence-corrected chi connectivity index (χ1v) is 8.77. The van der Waals surface area contributed by atoms with Crippen molar-refractivity contribution in [3.8, 4) is 22.8 Å². The quantitative estimate of drug-likeness (QED) is 0.562. The molecule has 3 rings (SSSR count). The van der Waals surface area contributed by atoms with Gasteiger partial charge < -0.3 is 14.8 Å². The summed E-state index contributed by atoms with van der Waals surface area (Å²) in [5.74, 6) is 0.845. The Labute approximate surface area is 166 Å². The van der Waals surface area contributed by atoms with Gasteiger partial charge in [-0.25, -0.2) is 19.2 Å². The van der Waals surface area contributed by atoms with E-state index in [0.29, 0.717) is 45.8 Å². The number of hydrogen-bond acceptors (Lipinski definition) is 7. The molecule has 0 saturated carbocycles. The molecule has 1 N–H and O–H groups in total. The van der Waals surface area contributed by atoms with Gasteiger partial charge in [-0.2, -0.15) is 0 Å². The molecular formula is C20H20FN4O4+. The van der Waals surface area contributed by atoms with Crippen LogP contribution >= 0.6 is 0 Å². The van der Waals surface area contributed by atoms with Crippen molar-refractivity contribution in [2.75, 3.05) is 26.1 Å². The van der Waals surface area contributed by atoms with Gasteiger partial charge in [-0.1, -0.05) is 0 Å². The summed E-state index contributed by atoms with van der Waals surface area (Å²) in [5.41, 5.74) is 1.99. The van der Waals surface area contributed by atoms with Crippen LogP contribution in [0.5, 0.6) is 11.5 Å². The maximum atomic E-state index is 13.6. The van der Waals surface area contributed by atoms with Gasteiger partial charge in [-0.3, -0.25) is 0 Å². The van der Waals surface area contributed by atoms with Crippen LogP contribution in [0.25, 0.3) is 11.3 Å². The van der Waals surface area contributed by atoms with Crippen molar-refractivity contribution in [1.29, 1.82) is 0 Å². The number of methoxy groups -OCH3 is 1. The van der Waals surface area contributed by atoms with Crippen LogP contribution in [0.3, 0.4) is 0 Å². The molecule has 0 amide bonds. The lowest BCUT2D eigenvalue weighted by Gasteiger charge is -2.11. The van der Waals surface area contributed by atoms with Gasteiger partial charge in [-0.15, -0.1) is 0 Å². The van der Waals surface area contributed by atoms with Gasteiger partial charge in [0, 0.05) is 29.4 Å². The molecule has 3 aromatic rings. The number of anilines is 2. The van der Waals surface area contributed by atoms with E-state index in [1.165, 1.54) is 32.7 Å². The lowest BCUT2D eigenvalue weighted by Crippen LogP contribution is -2.02. The van der Waals surface area contributed by atoms with Crippen LogP contribution in [0, 0.1) is 10.7 Å². The van der Waals surface area contributed by atoms with Crippen LogP contribution in [0.15, 0.2) is 48.8 Å². The molecule has 0 aliphatic rings. The minimum atomic E-state index is -0.393. The van der Waals surface area contributed by atoms with Crippen molar-refractivity contribution < 1.29 is 23.6 Å². The van der Waals surface area contributed by atoms with E-state index < -0.39 is 5.82 Å². The van der Waals surface area contributed by atoms with Crippen LogP contribution in [-0.4, -0.2) is 35.7 Å². The number of hydrogen-bond donors (Lipinski definition) is 1. The Hall–Kier alpha value is -3.75. The Morgan fingerprint density at radius 1 is 1.07 bits per heavy atom. The third-order valence-electron chi connectivity index (χ3n) is 4.00. The highest BCUT2D eigenvalue weighted by Crippen LogP contribution is 2.33. The average molecular weight is 399 g/mol. The van der Waals surface area contributed by atoms with Gasteiger partial charge in [0.05, 0.1) is 24.3 Å². The predicted molar refractivity (Wildman–Crippen MR) is 105 cm³/mol. The molecule has 0 fully saturated rings. The highest BCUT2D eigenvalue weighted by Gasteiger charge is 2.22. The van der Waals surface area contributed by atoms with E-state index in [4.69, 9.17) is 14.3 Å². The molecule has 9 heteroatoms. The summed E-state index contributed by atoms with van der Waals surface area (Å²) in [6.45, 7) is 2.22. The third kappa shape index (κ3) is 4.57. The fraction of sp³-hybridized carbons (Fsp3) is 0.200. The highest BCUT2D eigenvalue weighted by molar-refractivity contribution is 5.71. The maximum absolute atomic E-state index is 13.6. The average Bonchev–Trinajstić information content (AvgIpc) is 2.73. The summed E-state index contributed by atoms with van der Waals surface area (Å²) in [4.78, 5) is 25.4. The van der Waals surface area contributed by atoms with Crippen LogP contribution in [0.4, 0.5) is 21.6 Å². The number of benzene rings is 2. The Morgan fingerprint density at radius 3 is 2.62 bits per heavy atom. The summed E-state index contributed by atoms with van der Waals surface area (Å²) in [7, 11) is 2.73. The van der Waals surface area contributed by atoms with Crippen LogP contribution < -0.4 is 14.8 Å². The molecule has 1 heterocycles. The summed E-state index contributed by atoms with van der Waals surface area (Å²) in [6, 6.07) is 10.9. The second kappa shape index (κ2) is 8.96. The second-order valence-corrected chi connectivity index (χ2v) is 5.81. The Balaban J connectivity index is 1.93. The number of ether oxygens (including phenoxy) is 2. The van der Waals surface area contributed by atoms with Gasteiger partial charge in [0.25, 0.3) is 4.92 Å². The SMILES string of the molecule is CCOc1cc(F)ccc1-c1cc(Nc2ccc(OC)c([N+](=O)OC)c2)ncn1. The van der Waals surface area contributed by atoms with Gasteiger partial charge in [0.2, 0.25) is 5.75 Å². The lowest BCUT2D eigenvalue weighted by molar-refractivity contribution is -0.736. The zero-order chi connectivity index (χ0) is 20.8. The predicted octanol–water partition coefficient (Wildman–Crippen LogP) is 4.41. The fourth-order valence-electron chi connectivity index (χ4n) is 2.71. The molecule has 29 heavy (non-hydrogen) atoms. The number of nitrogens with one attached hydrogen (secondary N) is 1. The molecule has 0 spiro atoms. The molecule has 0 bridgehead atoms. The zero-order valence-electron chi connectivity index (χ0n) is 16.2. The summed E-state index contributed by atoms with van der Waals surface area (Å²) >= 11 is 0. The highest BCUT2D eigenvalue weighted by atomic mass is 19.1. The topological polar surface area (TPSA) is 85.6 Å². The number of aromatic nitrogens is 2. The molecule has 0 radical (unpaired) electrons. The third-order valence-corrected chi connectivity index (χ3v) is 4.00.